The van der Waals surface area contributed by atoms with E-state index in [0.29, 0.717) is 15.6 Å². The molecule has 2 heterocycles. The lowest BCUT2D eigenvalue weighted by Crippen LogP contribution is -2.15. The van der Waals surface area contributed by atoms with Crippen LogP contribution < -0.4 is 10.1 Å². The standard InChI is InChI=1S/C21H15Cl2F3N6O2/c22-16-5-2-6-17(23)15(16)10-32-11-27-20(30-32)28-19(33)18-7-8-31(29-18)12-34-14-4-1-3-13(9-14)21(24,25)26/h1-9,11H,10,12H2,(H,28,30,33). The molecule has 0 unspecified atom stereocenters. The van der Waals surface area contributed by atoms with Gasteiger partial charge in [0.15, 0.2) is 12.4 Å². The predicted molar refractivity (Wildman–Crippen MR) is 118 cm³/mol. The van der Waals surface area contributed by atoms with Gasteiger partial charge in [-0.3, -0.25) is 10.1 Å². The molecule has 0 bridgehead atoms. The summed E-state index contributed by atoms with van der Waals surface area (Å²) in [7, 11) is 0. The number of ether oxygens (including phenoxy) is 1. The Balaban J connectivity index is 1.35. The van der Waals surface area contributed by atoms with Gasteiger partial charge >= 0.3 is 6.18 Å². The first kappa shape index (κ1) is 23.6. The highest BCUT2D eigenvalue weighted by molar-refractivity contribution is 6.35. The number of aromatic nitrogens is 5. The number of amides is 1. The minimum atomic E-state index is -4.48. The van der Waals surface area contributed by atoms with Gasteiger partial charge in [0.05, 0.1) is 12.1 Å². The number of rotatable bonds is 7. The van der Waals surface area contributed by atoms with Crippen molar-refractivity contribution in [2.45, 2.75) is 19.5 Å². The number of alkyl halides is 3. The quantitative estimate of drug-likeness (QED) is 0.372. The van der Waals surface area contributed by atoms with E-state index >= 15 is 0 Å². The molecule has 0 saturated carbocycles. The Kier molecular flexibility index (Phi) is 6.75. The molecule has 0 aliphatic heterocycles. The summed E-state index contributed by atoms with van der Waals surface area (Å²) in [6.45, 7) is 0.0585. The SMILES string of the molecule is O=C(Nc1ncn(Cc2c(Cl)cccc2Cl)n1)c1ccn(COc2cccc(C(F)(F)F)c2)n1. The van der Waals surface area contributed by atoms with E-state index in [1.165, 1.54) is 40.1 Å². The summed E-state index contributed by atoms with van der Waals surface area (Å²) in [5.41, 5.74) is -0.125. The fourth-order valence-electron chi connectivity index (χ4n) is 2.90. The maximum absolute atomic E-state index is 12.8. The monoisotopic (exact) mass is 510 g/mol. The van der Waals surface area contributed by atoms with Gasteiger partial charge in [-0.05, 0) is 36.4 Å². The summed E-state index contributed by atoms with van der Waals surface area (Å²) in [5, 5.41) is 11.7. The van der Waals surface area contributed by atoms with Crippen molar-refractivity contribution in [3.05, 3.63) is 87.9 Å². The van der Waals surface area contributed by atoms with Gasteiger partial charge in [0, 0.05) is 21.8 Å². The minimum absolute atomic E-state index is 0.0182. The first-order chi connectivity index (χ1) is 16.2. The van der Waals surface area contributed by atoms with Crippen LogP contribution in [0.2, 0.25) is 10.0 Å². The predicted octanol–water partition coefficient (Wildman–Crippen LogP) is 5.14. The van der Waals surface area contributed by atoms with Gasteiger partial charge < -0.3 is 4.74 Å². The Morgan fingerprint density at radius 3 is 2.50 bits per heavy atom. The van der Waals surface area contributed by atoms with E-state index in [9.17, 15) is 18.0 Å². The van der Waals surface area contributed by atoms with Crippen LogP contribution in [-0.2, 0) is 19.5 Å². The normalized spacial score (nSPS) is 11.4. The number of carbonyl (C=O) groups excluding carboxylic acids is 1. The highest BCUT2D eigenvalue weighted by Crippen LogP contribution is 2.31. The zero-order valence-corrected chi connectivity index (χ0v) is 18.6. The van der Waals surface area contributed by atoms with E-state index < -0.39 is 17.6 Å². The summed E-state index contributed by atoms with van der Waals surface area (Å²) in [6.07, 6.45) is -1.61. The fourth-order valence-corrected chi connectivity index (χ4v) is 3.41. The van der Waals surface area contributed by atoms with Gasteiger partial charge in [0.1, 0.15) is 12.1 Å². The molecule has 1 amide bonds. The van der Waals surface area contributed by atoms with E-state index in [2.05, 4.69) is 20.5 Å². The molecule has 8 nitrogen and oxygen atoms in total. The smallest absolute Gasteiger partial charge is 0.416 e. The number of carbonyl (C=O) groups is 1. The Labute approximate surface area is 200 Å². The van der Waals surface area contributed by atoms with Crippen LogP contribution >= 0.6 is 23.2 Å². The third-order valence-electron chi connectivity index (χ3n) is 4.54. The molecular weight excluding hydrogens is 496 g/mol. The maximum atomic E-state index is 12.8. The van der Waals surface area contributed by atoms with Crippen molar-refractivity contribution in [1.29, 1.82) is 0 Å². The maximum Gasteiger partial charge on any atom is 0.416 e. The number of anilines is 1. The van der Waals surface area contributed by atoms with E-state index in [-0.39, 0.29) is 30.7 Å². The number of nitrogens with zero attached hydrogens (tertiary/aromatic N) is 5. The summed E-state index contributed by atoms with van der Waals surface area (Å²) >= 11 is 12.3. The lowest BCUT2D eigenvalue weighted by atomic mass is 10.2. The summed E-state index contributed by atoms with van der Waals surface area (Å²) < 4.78 is 46.5. The molecule has 34 heavy (non-hydrogen) atoms. The molecular formula is C21H15Cl2F3N6O2. The average Bonchev–Trinajstić information content (AvgIpc) is 3.44. The third kappa shape index (κ3) is 5.67. The molecule has 4 rings (SSSR count). The highest BCUT2D eigenvalue weighted by Gasteiger charge is 2.30. The second-order valence-electron chi connectivity index (χ2n) is 6.96. The second kappa shape index (κ2) is 9.74. The van der Waals surface area contributed by atoms with Crippen LogP contribution in [0.15, 0.2) is 61.1 Å². The molecule has 0 radical (unpaired) electrons. The third-order valence-corrected chi connectivity index (χ3v) is 5.25. The van der Waals surface area contributed by atoms with Gasteiger partial charge in [-0.1, -0.05) is 35.3 Å². The van der Waals surface area contributed by atoms with E-state index in [0.717, 1.165) is 12.1 Å². The van der Waals surface area contributed by atoms with Crippen LogP contribution in [0.3, 0.4) is 0 Å². The van der Waals surface area contributed by atoms with Crippen LogP contribution in [0, 0.1) is 0 Å². The summed E-state index contributed by atoms with van der Waals surface area (Å²) in [4.78, 5) is 16.5. The molecule has 4 aromatic rings. The zero-order valence-electron chi connectivity index (χ0n) is 17.1. The van der Waals surface area contributed by atoms with Crippen molar-refractivity contribution in [3.8, 4) is 5.75 Å². The fraction of sp³-hybridized carbons (Fsp3) is 0.143. The van der Waals surface area contributed by atoms with Gasteiger partial charge in [-0.15, -0.1) is 5.10 Å². The summed E-state index contributed by atoms with van der Waals surface area (Å²) in [6, 6.07) is 11.0. The lowest BCUT2D eigenvalue weighted by molar-refractivity contribution is -0.137. The highest BCUT2D eigenvalue weighted by atomic mass is 35.5. The molecule has 2 aromatic carbocycles. The van der Waals surface area contributed by atoms with Crippen LogP contribution in [0.4, 0.5) is 19.1 Å². The Bertz CT molecular complexity index is 1300. The zero-order chi connectivity index (χ0) is 24.3. The molecule has 0 atom stereocenters. The molecule has 0 fully saturated rings. The number of halogens is 5. The van der Waals surface area contributed by atoms with Crippen molar-refractivity contribution >= 4 is 35.1 Å². The Morgan fingerprint density at radius 1 is 1.03 bits per heavy atom. The van der Waals surface area contributed by atoms with Crippen molar-refractivity contribution < 1.29 is 22.7 Å². The average molecular weight is 511 g/mol. The van der Waals surface area contributed by atoms with Crippen LogP contribution in [-0.4, -0.2) is 30.5 Å². The lowest BCUT2D eigenvalue weighted by Gasteiger charge is -2.10. The number of benzene rings is 2. The van der Waals surface area contributed by atoms with Gasteiger partial charge in [-0.2, -0.15) is 18.3 Å². The first-order valence-corrected chi connectivity index (χ1v) is 10.4. The van der Waals surface area contributed by atoms with E-state index in [4.69, 9.17) is 27.9 Å². The molecule has 0 aliphatic carbocycles. The van der Waals surface area contributed by atoms with E-state index in [1.807, 2.05) is 0 Å². The van der Waals surface area contributed by atoms with Gasteiger partial charge in [0.2, 0.25) is 5.95 Å². The van der Waals surface area contributed by atoms with Gasteiger partial charge in [0.25, 0.3) is 5.91 Å². The van der Waals surface area contributed by atoms with Crippen molar-refractivity contribution in [3.63, 3.8) is 0 Å². The van der Waals surface area contributed by atoms with E-state index in [1.54, 1.807) is 18.2 Å². The molecule has 0 spiro atoms. The van der Waals surface area contributed by atoms with Crippen molar-refractivity contribution in [2.24, 2.45) is 0 Å². The molecule has 176 valence electrons. The van der Waals surface area contributed by atoms with Crippen LogP contribution in [0.1, 0.15) is 21.6 Å². The Hall–Kier alpha value is -3.57. The Morgan fingerprint density at radius 2 is 1.76 bits per heavy atom. The number of hydrogen-bond acceptors (Lipinski definition) is 5. The molecule has 0 saturated heterocycles. The summed E-state index contributed by atoms with van der Waals surface area (Å²) in [5.74, 6) is -0.515. The topological polar surface area (TPSA) is 86.9 Å². The molecule has 2 aromatic heterocycles. The van der Waals surface area contributed by atoms with Gasteiger partial charge in [-0.25, -0.2) is 14.3 Å². The molecule has 1 N–H and O–H groups in total. The number of nitrogens with one attached hydrogen (secondary N) is 1. The van der Waals surface area contributed by atoms with Crippen molar-refractivity contribution in [2.75, 3.05) is 5.32 Å². The molecule has 0 aliphatic rings. The number of hydrogen-bond donors (Lipinski definition) is 1. The van der Waals surface area contributed by atoms with Crippen LogP contribution in [0.25, 0.3) is 0 Å². The second-order valence-corrected chi connectivity index (χ2v) is 7.77. The minimum Gasteiger partial charge on any atom is -0.471 e. The van der Waals surface area contributed by atoms with Crippen LogP contribution in [0.5, 0.6) is 5.75 Å². The molecule has 13 heteroatoms. The first-order valence-electron chi connectivity index (χ1n) is 9.66. The largest absolute Gasteiger partial charge is 0.471 e. The van der Waals surface area contributed by atoms with Crippen molar-refractivity contribution in [1.82, 2.24) is 24.5 Å².